The third-order valence-electron chi connectivity index (χ3n) is 4.13. The molecular weight excluding hydrogens is 254 g/mol. The van der Waals surface area contributed by atoms with Gasteiger partial charge in [0, 0.05) is 0 Å². The van der Waals surface area contributed by atoms with Crippen LogP contribution in [0, 0.1) is 0 Å². The van der Waals surface area contributed by atoms with Crippen molar-refractivity contribution in [2.75, 3.05) is 20.2 Å². The summed E-state index contributed by atoms with van der Waals surface area (Å²) in [4.78, 5) is 2.24. The molecule has 20 heavy (non-hydrogen) atoms. The van der Waals surface area contributed by atoms with Crippen molar-refractivity contribution in [2.24, 2.45) is 0 Å². The molecule has 2 atom stereocenters. The highest BCUT2D eigenvalue weighted by Crippen LogP contribution is 2.45. The Bertz CT molecular complexity index is 469. The molecule has 4 nitrogen and oxygen atoms in total. The van der Waals surface area contributed by atoms with Crippen LogP contribution in [-0.4, -0.2) is 41.8 Å². The Hall–Kier alpha value is -1.26. The summed E-state index contributed by atoms with van der Waals surface area (Å²) in [5.74, 6) is 1.40. The molecule has 0 amide bonds. The predicted octanol–water partition coefficient (Wildman–Crippen LogP) is 2.61. The summed E-state index contributed by atoms with van der Waals surface area (Å²) in [5, 5.41) is 10.9. The summed E-state index contributed by atoms with van der Waals surface area (Å²) in [5.41, 5.74) is 0.302. The van der Waals surface area contributed by atoms with Gasteiger partial charge in [0.05, 0.1) is 18.7 Å². The monoisotopic (exact) mass is 279 g/mol. The molecular formula is C16H25NO3. The Morgan fingerprint density at radius 1 is 1.30 bits per heavy atom. The van der Waals surface area contributed by atoms with Gasteiger partial charge in [-0.15, -0.1) is 0 Å². The maximum atomic E-state index is 10.9. The van der Waals surface area contributed by atoms with Crippen molar-refractivity contribution in [1.29, 1.82) is 0 Å². The first kappa shape index (κ1) is 15.1. The molecule has 0 radical (unpaired) electrons. The van der Waals surface area contributed by atoms with Crippen molar-refractivity contribution >= 4 is 0 Å². The highest BCUT2D eigenvalue weighted by Gasteiger charge is 2.46. The minimum Gasteiger partial charge on any atom is -0.496 e. The predicted molar refractivity (Wildman–Crippen MR) is 79.4 cm³/mol. The van der Waals surface area contributed by atoms with Crippen LogP contribution in [0.15, 0.2) is 18.2 Å². The number of hydrogen-bond acceptors (Lipinski definition) is 4. The van der Waals surface area contributed by atoms with E-state index >= 15 is 0 Å². The summed E-state index contributed by atoms with van der Waals surface area (Å²) in [6, 6.07) is 5.55. The molecule has 2 rings (SSSR count). The summed E-state index contributed by atoms with van der Waals surface area (Å²) in [6.45, 7) is 10.0. The maximum absolute atomic E-state index is 10.9. The molecule has 0 aliphatic carbocycles. The summed E-state index contributed by atoms with van der Waals surface area (Å²) in [6.07, 6.45) is -0.621. The molecule has 1 heterocycles. The van der Waals surface area contributed by atoms with Crippen LogP contribution >= 0.6 is 0 Å². The van der Waals surface area contributed by atoms with E-state index in [0.717, 1.165) is 18.7 Å². The number of rotatable bonds is 4. The van der Waals surface area contributed by atoms with Gasteiger partial charge in [0.1, 0.15) is 23.2 Å². The van der Waals surface area contributed by atoms with Crippen molar-refractivity contribution in [3.8, 4) is 11.5 Å². The number of aliphatic hydroxyl groups is 1. The van der Waals surface area contributed by atoms with Crippen LogP contribution in [0.3, 0.4) is 0 Å². The molecule has 2 unspecified atom stereocenters. The Kier molecular flexibility index (Phi) is 4.25. The van der Waals surface area contributed by atoms with Crippen molar-refractivity contribution in [3.63, 3.8) is 0 Å². The lowest BCUT2D eigenvalue weighted by molar-refractivity contribution is -0.0807. The zero-order valence-corrected chi connectivity index (χ0v) is 13.0. The standard InChI is InChI=1S/C16H25NO3/c1-6-17(7-2)15-14(18)13-11(19-5)9-8-10-12(13)20-16(15,3)4/h8-10,14-15,18H,6-7H2,1-5H3. The third kappa shape index (κ3) is 2.38. The first-order valence-corrected chi connectivity index (χ1v) is 7.24. The number of likely N-dealkylation sites (N-methyl/N-ethyl adjacent to an activating group) is 1. The molecule has 1 N–H and O–H groups in total. The second kappa shape index (κ2) is 5.62. The molecule has 0 saturated heterocycles. The largest absolute Gasteiger partial charge is 0.496 e. The van der Waals surface area contributed by atoms with Gasteiger partial charge in [-0.05, 0) is 39.1 Å². The Labute approximate surface area is 121 Å². The minimum absolute atomic E-state index is 0.0960. The summed E-state index contributed by atoms with van der Waals surface area (Å²) in [7, 11) is 1.62. The highest BCUT2D eigenvalue weighted by molar-refractivity contribution is 5.49. The van der Waals surface area contributed by atoms with Gasteiger partial charge < -0.3 is 14.6 Å². The molecule has 1 aromatic carbocycles. The van der Waals surface area contributed by atoms with E-state index in [1.54, 1.807) is 7.11 Å². The van der Waals surface area contributed by atoms with Crippen LogP contribution in [0.5, 0.6) is 11.5 Å². The number of ether oxygens (including phenoxy) is 2. The molecule has 1 aliphatic heterocycles. The van der Waals surface area contributed by atoms with Crippen molar-refractivity contribution in [2.45, 2.75) is 45.4 Å². The molecule has 0 fully saturated rings. The first-order valence-electron chi connectivity index (χ1n) is 7.24. The van der Waals surface area contributed by atoms with Crippen LogP contribution in [0.2, 0.25) is 0 Å². The van der Waals surface area contributed by atoms with Gasteiger partial charge in [-0.2, -0.15) is 0 Å². The minimum atomic E-state index is -0.621. The van der Waals surface area contributed by atoms with Gasteiger partial charge in [-0.25, -0.2) is 0 Å². The van der Waals surface area contributed by atoms with Gasteiger partial charge >= 0.3 is 0 Å². The van der Waals surface area contributed by atoms with E-state index in [1.807, 2.05) is 32.0 Å². The van der Waals surface area contributed by atoms with Gasteiger partial charge in [-0.1, -0.05) is 19.9 Å². The van der Waals surface area contributed by atoms with Crippen LogP contribution < -0.4 is 9.47 Å². The van der Waals surface area contributed by atoms with E-state index in [9.17, 15) is 5.11 Å². The van der Waals surface area contributed by atoms with E-state index in [4.69, 9.17) is 9.47 Å². The molecule has 4 heteroatoms. The van der Waals surface area contributed by atoms with Crippen molar-refractivity contribution < 1.29 is 14.6 Å². The van der Waals surface area contributed by atoms with E-state index in [-0.39, 0.29) is 6.04 Å². The Morgan fingerprint density at radius 3 is 2.50 bits per heavy atom. The van der Waals surface area contributed by atoms with E-state index in [2.05, 4.69) is 18.7 Å². The fraction of sp³-hybridized carbons (Fsp3) is 0.625. The third-order valence-corrected chi connectivity index (χ3v) is 4.13. The van der Waals surface area contributed by atoms with Crippen LogP contribution in [0.1, 0.15) is 39.4 Å². The molecule has 0 saturated carbocycles. The molecule has 112 valence electrons. The Morgan fingerprint density at radius 2 is 1.95 bits per heavy atom. The second-order valence-electron chi connectivity index (χ2n) is 5.69. The average Bonchev–Trinajstić information content (AvgIpc) is 2.41. The quantitative estimate of drug-likeness (QED) is 0.920. The molecule has 1 aromatic rings. The van der Waals surface area contributed by atoms with Crippen molar-refractivity contribution in [3.05, 3.63) is 23.8 Å². The summed E-state index contributed by atoms with van der Waals surface area (Å²) < 4.78 is 11.5. The first-order chi connectivity index (χ1) is 9.46. The number of hydrogen-bond donors (Lipinski definition) is 1. The Balaban J connectivity index is 2.51. The lowest BCUT2D eigenvalue weighted by atomic mass is 9.84. The molecule has 0 spiro atoms. The number of benzene rings is 1. The SMILES string of the molecule is CCN(CC)C1C(O)c2c(OC)cccc2OC1(C)C. The fourth-order valence-corrected chi connectivity index (χ4v) is 3.22. The van der Waals surface area contributed by atoms with Gasteiger partial charge in [-0.3, -0.25) is 4.90 Å². The zero-order valence-electron chi connectivity index (χ0n) is 13.0. The van der Waals surface area contributed by atoms with E-state index in [1.165, 1.54) is 0 Å². The molecule has 1 aliphatic rings. The normalized spacial score (nSPS) is 24.1. The van der Waals surface area contributed by atoms with Gasteiger partial charge in [0.25, 0.3) is 0 Å². The number of aliphatic hydroxyl groups excluding tert-OH is 1. The number of methoxy groups -OCH3 is 1. The average molecular weight is 279 g/mol. The van der Waals surface area contributed by atoms with Crippen LogP contribution in [-0.2, 0) is 0 Å². The van der Waals surface area contributed by atoms with Gasteiger partial charge in [0.15, 0.2) is 0 Å². The number of fused-ring (bicyclic) bond motifs is 1. The molecule has 0 aromatic heterocycles. The topological polar surface area (TPSA) is 41.9 Å². The summed E-state index contributed by atoms with van der Waals surface area (Å²) >= 11 is 0. The lowest BCUT2D eigenvalue weighted by Crippen LogP contribution is -2.57. The van der Waals surface area contributed by atoms with E-state index < -0.39 is 11.7 Å². The highest BCUT2D eigenvalue weighted by atomic mass is 16.5. The smallest absolute Gasteiger partial charge is 0.129 e. The van der Waals surface area contributed by atoms with Crippen molar-refractivity contribution in [1.82, 2.24) is 4.90 Å². The van der Waals surface area contributed by atoms with E-state index in [0.29, 0.717) is 11.5 Å². The van der Waals surface area contributed by atoms with Crippen LogP contribution in [0.4, 0.5) is 0 Å². The zero-order chi connectivity index (χ0) is 14.9. The molecule has 0 bridgehead atoms. The maximum Gasteiger partial charge on any atom is 0.129 e. The second-order valence-corrected chi connectivity index (χ2v) is 5.69. The number of nitrogens with zero attached hydrogens (tertiary/aromatic N) is 1. The van der Waals surface area contributed by atoms with Gasteiger partial charge in [0.2, 0.25) is 0 Å². The fourth-order valence-electron chi connectivity index (χ4n) is 3.22. The van der Waals surface area contributed by atoms with Crippen LogP contribution in [0.25, 0.3) is 0 Å². The lowest BCUT2D eigenvalue weighted by Gasteiger charge is -2.47.